The van der Waals surface area contributed by atoms with Crippen LogP contribution in [0.4, 0.5) is 0 Å². The third-order valence-electron chi connectivity index (χ3n) is 5.17. The maximum Gasteiger partial charge on any atom is 0.349 e. The number of nitrogens with one attached hydrogen (secondary N) is 1. The van der Waals surface area contributed by atoms with E-state index in [-0.39, 0.29) is 17.7 Å². The van der Waals surface area contributed by atoms with Gasteiger partial charge in [0.05, 0.1) is 25.3 Å². The van der Waals surface area contributed by atoms with Crippen LogP contribution in [-0.2, 0) is 25.6 Å². The predicted octanol–water partition coefficient (Wildman–Crippen LogP) is 2.86. The number of carbonyl (C=O) groups excluding carboxylic acids is 3. The molecule has 0 fully saturated rings. The Kier molecular flexibility index (Phi) is 9.20. The molecule has 0 unspecified atom stereocenters. The average Bonchev–Trinajstić information content (AvgIpc) is 2.93. The molecule has 0 aliphatic rings. The summed E-state index contributed by atoms with van der Waals surface area (Å²) in [6, 6.07) is 20.5. The highest BCUT2D eigenvalue weighted by atomic mass is 16.6. The summed E-state index contributed by atoms with van der Waals surface area (Å²) in [5.74, 6) is -4.03. The summed E-state index contributed by atoms with van der Waals surface area (Å²) in [5.41, 5.74) is 0.700. The number of amides is 1. The maximum atomic E-state index is 13.1. The minimum Gasteiger partial charge on any atom is -0.497 e. The van der Waals surface area contributed by atoms with Crippen LogP contribution in [0.15, 0.2) is 78.9 Å². The molecule has 0 aliphatic carbocycles. The first-order valence-corrected chi connectivity index (χ1v) is 11.1. The fourth-order valence-corrected chi connectivity index (χ4v) is 3.25. The third-order valence-corrected chi connectivity index (χ3v) is 5.17. The van der Waals surface area contributed by atoms with Crippen molar-refractivity contribution in [3.8, 4) is 11.5 Å². The number of methoxy groups -OCH3 is 2. The Bertz CT molecular complexity index is 1260. The molecule has 2 N–H and O–H groups in total. The van der Waals surface area contributed by atoms with Crippen molar-refractivity contribution < 1.29 is 43.2 Å². The number of carboxylic acids is 1. The second kappa shape index (κ2) is 12.7. The van der Waals surface area contributed by atoms with Crippen molar-refractivity contribution in [1.29, 1.82) is 0 Å². The molecule has 0 radical (unpaired) electrons. The summed E-state index contributed by atoms with van der Waals surface area (Å²) in [5, 5.41) is 12.4. The van der Waals surface area contributed by atoms with Crippen molar-refractivity contribution in [1.82, 2.24) is 5.32 Å². The van der Waals surface area contributed by atoms with E-state index in [1.165, 1.54) is 50.6 Å². The van der Waals surface area contributed by atoms with E-state index in [4.69, 9.17) is 18.9 Å². The van der Waals surface area contributed by atoms with Crippen LogP contribution in [0.25, 0.3) is 0 Å². The maximum absolute atomic E-state index is 13.1. The quantitative estimate of drug-likeness (QED) is 0.375. The van der Waals surface area contributed by atoms with Crippen LogP contribution in [-0.4, -0.2) is 55.3 Å². The number of hydrogen-bond acceptors (Lipinski definition) is 8. The van der Waals surface area contributed by atoms with E-state index >= 15 is 0 Å². The number of benzene rings is 3. The SMILES string of the molecule is COc1cccc(C(=O)O[C@H](C(=O)O)[C@H](OC(=O)c2cccc(OC)c2)C(=O)NCc2ccccc2)c1. The van der Waals surface area contributed by atoms with Gasteiger partial charge in [-0.2, -0.15) is 0 Å². The lowest BCUT2D eigenvalue weighted by Gasteiger charge is -2.23. The van der Waals surface area contributed by atoms with Gasteiger partial charge in [0.2, 0.25) is 12.2 Å². The summed E-state index contributed by atoms with van der Waals surface area (Å²) in [7, 11) is 2.80. The first-order valence-electron chi connectivity index (χ1n) is 11.1. The lowest BCUT2D eigenvalue weighted by atomic mass is 10.1. The zero-order chi connectivity index (χ0) is 26.8. The zero-order valence-electron chi connectivity index (χ0n) is 20.1. The molecule has 0 aromatic heterocycles. The van der Waals surface area contributed by atoms with Crippen LogP contribution >= 0.6 is 0 Å². The van der Waals surface area contributed by atoms with E-state index in [0.29, 0.717) is 17.1 Å². The summed E-state index contributed by atoms with van der Waals surface area (Å²) in [6.07, 6.45) is -4.15. The molecule has 0 aliphatic heterocycles. The Hall–Kier alpha value is -4.86. The number of hydrogen-bond donors (Lipinski definition) is 2. The number of rotatable bonds is 11. The molecule has 0 bridgehead atoms. The van der Waals surface area contributed by atoms with Crippen LogP contribution in [0.2, 0.25) is 0 Å². The highest BCUT2D eigenvalue weighted by molar-refractivity contribution is 5.97. The minimum absolute atomic E-state index is 0.00321. The molecule has 0 heterocycles. The van der Waals surface area contributed by atoms with Crippen LogP contribution in [0.1, 0.15) is 26.3 Å². The van der Waals surface area contributed by atoms with Crippen molar-refractivity contribution in [3.05, 3.63) is 95.6 Å². The molecular weight excluding hydrogens is 482 g/mol. The molecule has 3 aromatic carbocycles. The summed E-state index contributed by atoms with van der Waals surface area (Å²) >= 11 is 0. The Morgan fingerprint density at radius 3 is 1.73 bits per heavy atom. The van der Waals surface area contributed by atoms with Gasteiger partial charge in [0.25, 0.3) is 5.91 Å². The number of aliphatic carboxylic acids is 1. The third kappa shape index (κ3) is 7.31. The van der Waals surface area contributed by atoms with E-state index in [1.54, 1.807) is 42.5 Å². The molecule has 10 nitrogen and oxygen atoms in total. The number of esters is 2. The van der Waals surface area contributed by atoms with Gasteiger partial charge in [0, 0.05) is 6.54 Å². The average molecular weight is 507 g/mol. The van der Waals surface area contributed by atoms with Gasteiger partial charge < -0.3 is 29.4 Å². The zero-order valence-corrected chi connectivity index (χ0v) is 20.1. The largest absolute Gasteiger partial charge is 0.497 e. The van der Waals surface area contributed by atoms with Crippen LogP contribution in [0.5, 0.6) is 11.5 Å². The van der Waals surface area contributed by atoms with E-state index in [9.17, 15) is 24.3 Å². The molecule has 192 valence electrons. The van der Waals surface area contributed by atoms with Crippen LogP contribution < -0.4 is 14.8 Å². The lowest BCUT2D eigenvalue weighted by molar-refractivity contribution is -0.159. The lowest BCUT2D eigenvalue weighted by Crippen LogP contribution is -2.50. The first kappa shape index (κ1) is 26.7. The van der Waals surface area contributed by atoms with Gasteiger partial charge in [-0.25, -0.2) is 14.4 Å². The number of carbonyl (C=O) groups is 4. The molecule has 3 aromatic rings. The van der Waals surface area contributed by atoms with E-state index in [0.717, 1.165) is 0 Å². The van der Waals surface area contributed by atoms with Crippen molar-refractivity contribution in [2.75, 3.05) is 14.2 Å². The Morgan fingerprint density at radius 2 is 1.24 bits per heavy atom. The number of ether oxygens (including phenoxy) is 4. The number of carboxylic acid groups (broad SMARTS) is 1. The normalized spacial score (nSPS) is 11.9. The smallest absolute Gasteiger partial charge is 0.349 e. The first-order chi connectivity index (χ1) is 17.8. The van der Waals surface area contributed by atoms with Crippen molar-refractivity contribution in [2.24, 2.45) is 0 Å². The molecule has 0 saturated carbocycles. The van der Waals surface area contributed by atoms with Gasteiger partial charge in [-0.1, -0.05) is 42.5 Å². The van der Waals surface area contributed by atoms with Gasteiger partial charge in [0.1, 0.15) is 11.5 Å². The minimum atomic E-state index is -2.15. The fraction of sp³-hybridized carbons (Fsp3) is 0.185. The highest BCUT2D eigenvalue weighted by Gasteiger charge is 2.41. The summed E-state index contributed by atoms with van der Waals surface area (Å²) in [4.78, 5) is 50.8. The van der Waals surface area contributed by atoms with Gasteiger partial charge in [-0.3, -0.25) is 4.79 Å². The summed E-state index contributed by atoms with van der Waals surface area (Å²) < 4.78 is 20.6. The Balaban J connectivity index is 1.87. The van der Waals surface area contributed by atoms with Gasteiger partial charge in [-0.05, 0) is 42.0 Å². The molecule has 0 spiro atoms. The predicted molar refractivity (Wildman–Crippen MR) is 130 cm³/mol. The van der Waals surface area contributed by atoms with E-state index in [2.05, 4.69) is 5.32 Å². The van der Waals surface area contributed by atoms with E-state index < -0.39 is 36.0 Å². The molecular formula is C27H25NO9. The highest BCUT2D eigenvalue weighted by Crippen LogP contribution is 2.18. The van der Waals surface area contributed by atoms with Crippen LogP contribution in [0.3, 0.4) is 0 Å². The summed E-state index contributed by atoms with van der Waals surface area (Å²) in [6.45, 7) is 0.0169. The topological polar surface area (TPSA) is 137 Å². The standard InChI is InChI=1S/C27H25NO9/c1-34-20-12-6-10-18(14-20)26(32)36-22(24(29)28-16-17-8-4-3-5-9-17)23(25(30)31)37-27(33)19-11-7-13-21(15-19)35-2/h3-15,22-23H,16H2,1-2H3,(H,28,29)(H,30,31)/t22-,23-/m0/s1. The van der Waals surface area contributed by atoms with Gasteiger partial charge in [0.15, 0.2) is 0 Å². The van der Waals surface area contributed by atoms with Crippen molar-refractivity contribution >= 4 is 23.8 Å². The monoisotopic (exact) mass is 507 g/mol. The molecule has 1 amide bonds. The molecule has 37 heavy (non-hydrogen) atoms. The van der Waals surface area contributed by atoms with Gasteiger partial charge >= 0.3 is 17.9 Å². The Labute approximate surface area is 212 Å². The Morgan fingerprint density at radius 1 is 0.730 bits per heavy atom. The van der Waals surface area contributed by atoms with E-state index in [1.807, 2.05) is 0 Å². The molecule has 10 heteroatoms. The second-order valence-electron chi connectivity index (χ2n) is 7.66. The van der Waals surface area contributed by atoms with Gasteiger partial charge in [-0.15, -0.1) is 0 Å². The molecule has 0 saturated heterocycles. The molecule has 2 atom stereocenters. The fourth-order valence-electron chi connectivity index (χ4n) is 3.25. The molecule has 3 rings (SSSR count). The second-order valence-corrected chi connectivity index (χ2v) is 7.66. The van der Waals surface area contributed by atoms with Crippen molar-refractivity contribution in [3.63, 3.8) is 0 Å². The van der Waals surface area contributed by atoms with Crippen LogP contribution in [0, 0.1) is 0 Å². The van der Waals surface area contributed by atoms with Crippen molar-refractivity contribution in [2.45, 2.75) is 18.8 Å².